The molecule has 0 bridgehead atoms. The van der Waals surface area contributed by atoms with Crippen molar-refractivity contribution in [2.45, 2.75) is 17.4 Å². The van der Waals surface area contributed by atoms with Crippen molar-refractivity contribution in [3.05, 3.63) is 65.2 Å². The molecule has 2 aromatic carbocycles. The average molecular weight is 403 g/mol. The Balaban J connectivity index is 1.39. The molecule has 3 unspecified atom stereocenters. The summed E-state index contributed by atoms with van der Waals surface area (Å²) in [5.74, 6) is 0.239. The highest BCUT2D eigenvalue weighted by molar-refractivity contribution is 7.99. The molecule has 3 atom stereocenters. The van der Waals surface area contributed by atoms with Crippen LogP contribution in [0.3, 0.4) is 0 Å². The molecule has 4 rings (SSSR count). The number of urea groups is 1. The van der Waals surface area contributed by atoms with E-state index in [1.165, 1.54) is 4.90 Å². The number of imide groups is 1. The Morgan fingerprint density at radius 1 is 1.07 bits per heavy atom. The number of hydrogen-bond donors (Lipinski definition) is 3. The highest BCUT2D eigenvalue weighted by atomic mass is 35.5. The molecule has 3 amide bonds. The highest BCUT2D eigenvalue weighted by Gasteiger charge is 2.44. The van der Waals surface area contributed by atoms with Gasteiger partial charge in [-0.25, -0.2) is 9.69 Å². The largest absolute Gasteiger partial charge is 0.330 e. The Labute approximate surface area is 166 Å². The number of hydrogen-bond acceptors (Lipinski definition) is 5. The number of para-hydroxylation sites is 1. The van der Waals surface area contributed by atoms with Gasteiger partial charge in [-0.1, -0.05) is 41.9 Å². The maximum absolute atomic E-state index is 12.9. The number of fused-ring (bicyclic) bond motifs is 1. The fraction of sp³-hybridized carbons (Fsp3) is 0.263. The Bertz CT molecular complexity index is 833. The topological polar surface area (TPSA) is 73.5 Å². The molecular formula is C19H19ClN4O2S. The first-order chi connectivity index (χ1) is 13.1. The molecule has 0 aromatic heterocycles. The van der Waals surface area contributed by atoms with Gasteiger partial charge in [0.1, 0.15) is 5.50 Å². The van der Waals surface area contributed by atoms with Crippen LogP contribution in [0.5, 0.6) is 0 Å². The molecule has 0 spiro atoms. The second-order valence-corrected chi connectivity index (χ2v) is 7.97. The predicted molar refractivity (Wildman–Crippen MR) is 107 cm³/mol. The summed E-state index contributed by atoms with van der Waals surface area (Å²) < 4.78 is 0. The minimum Gasteiger partial charge on any atom is -0.321 e. The van der Waals surface area contributed by atoms with Gasteiger partial charge >= 0.3 is 6.03 Å². The Morgan fingerprint density at radius 3 is 2.56 bits per heavy atom. The van der Waals surface area contributed by atoms with E-state index in [-0.39, 0.29) is 23.5 Å². The van der Waals surface area contributed by atoms with E-state index in [1.54, 1.807) is 23.9 Å². The van der Waals surface area contributed by atoms with Crippen LogP contribution in [-0.4, -0.2) is 30.1 Å². The van der Waals surface area contributed by atoms with Crippen LogP contribution in [0.4, 0.5) is 10.5 Å². The van der Waals surface area contributed by atoms with Gasteiger partial charge < -0.3 is 5.32 Å². The lowest BCUT2D eigenvalue weighted by Crippen LogP contribution is -2.72. The van der Waals surface area contributed by atoms with E-state index < -0.39 is 6.03 Å². The quantitative estimate of drug-likeness (QED) is 0.733. The summed E-state index contributed by atoms with van der Waals surface area (Å²) in [6.07, 6.45) is -0.381. The molecule has 8 heteroatoms. The summed E-state index contributed by atoms with van der Waals surface area (Å²) in [4.78, 5) is 26.6. The number of rotatable bonds is 4. The van der Waals surface area contributed by atoms with Gasteiger partial charge in [0, 0.05) is 17.3 Å². The van der Waals surface area contributed by atoms with Crippen LogP contribution < -0.4 is 20.9 Å². The van der Waals surface area contributed by atoms with Crippen molar-refractivity contribution in [1.82, 2.24) is 16.0 Å². The van der Waals surface area contributed by atoms with Crippen LogP contribution in [0.1, 0.15) is 5.56 Å². The Kier molecular flexibility index (Phi) is 5.36. The number of thioether (sulfide) groups is 1. The molecule has 6 nitrogen and oxygen atoms in total. The first-order valence-corrected chi connectivity index (χ1v) is 10.1. The van der Waals surface area contributed by atoms with Crippen LogP contribution in [-0.2, 0) is 10.5 Å². The number of anilines is 1. The molecule has 2 fully saturated rings. The SMILES string of the molecule is O=C1NC2NC(SCc3ccc(Cl)cc3)NCC2C(=O)N1c1ccccc1. The van der Waals surface area contributed by atoms with E-state index in [4.69, 9.17) is 11.6 Å². The molecule has 0 aliphatic carbocycles. The van der Waals surface area contributed by atoms with E-state index in [2.05, 4.69) is 16.0 Å². The molecule has 140 valence electrons. The van der Waals surface area contributed by atoms with Gasteiger partial charge in [0.05, 0.1) is 17.8 Å². The molecule has 2 aromatic rings. The number of benzene rings is 2. The van der Waals surface area contributed by atoms with Gasteiger partial charge in [-0.2, -0.15) is 0 Å². The fourth-order valence-corrected chi connectivity index (χ4v) is 4.35. The van der Waals surface area contributed by atoms with Crippen LogP contribution in [0.15, 0.2) is 54.6 Å². The molecular weight excluding hydrogens is 384 g/mol. The second-order valence-electron chi connectivity index (χ2n) is 6.44. The third-order valence-electron chi connectivity index (χ3n) is 4.62. The van der Waals surface area contributed by atoms with Crippen LogP contribution >= 0.6 is 23.4 Å². The van der Waals surface area contributed by atoms with Gasteiger partial charge in [-0.15, -0.1) is 11.8 Å². The highest BCUT2D eigenvalue weighted by Crippen LogP contribution is 2.25. The summed E-state index contributed by atoms with van der Waals surface area (Å²) in [5.41, 5.74) is 1.69. The number of carbonyl (C=O) groups excluding carboxylic acids is 2. The zero-order chi connectivity index (χ0) is 18.8. The van der Waals surface area contributed by atoms with Crippen LogP contribution in [0.25, 0.3) is 0 Å². The molecule has 3 N–H and O–H groups in total. The molecule has 2 saturated heterocycles. The minimum absolute atomic E-state index is 0.0571. The molecule has 2 aliphatic rings. The van der Waals surface area contributed by atoms with Crippen molar-refractivity contribution in [3.8, 4) is 0 Å². The lowest BCUT2D eigenvalue weighted by atomic mass is 9.99. The minimum atomic E-state index is -0.400. The van der Waals surface area contributed by atoms with E-state index in [1.807, 2.05) is 42.5 Å². The smallest absolute Gasteiger partial charge is 0.321 e. The third-order valence-corrected chi connectivity index (χ3v) is 6.01. The number of carbonyl (C=O) groups is 2. The van der Waals surface area contributed by atoms with E-state index in [0.29, 0.717) is 17.3 Å². The lowest BCUT2D eigenvalue weighted by Gasteiger charge is -2.43. The maximum atomic E-state index is 12.9. The summed E-state index contributed by atoms with van der Waals surface area (Å²) >= 11 is 7.58. The first-order valence-electron chi connectivity index (χ1n) is 8.67. The normalized spacial score (nSPS) is 25.1. The first kappa shape index (κ1) is 18.3. The van der Waals surface area contributed by atoms with Crippen molar-refractivity contribution >= 4 is 41.0 Å². The zero-order valence-electron chi connectivity index (χ0n) is 14.4. The van der Waals surface area contributed by atoms with Crippen LogP contribution in [0.2, 0.25) is 5.02 Å². The van der Waals surface area contributed by atoms with Crippen molar-refractivity contribution in [3.63, 3.8) is 0 Å². The zero-order valence-corrected chi connectivity index (χ0v) is 16.0. The molecule has 2 aliphatic heterocycles. The maximum Gasteiger partial charge on any atom is 0.330 e. The Morgan fingerprint density at radius 2 is 1.81 bits per heavy atom. The van der Waals surface area contributed by atoms with E-state index in [9.17, 15) is 9.59 Å². The number of nitrogens with zero attached hydrogens (tertiary/aromatic N) is 1. The fourth-order valence-electron chi connectivity index (χ4n) is 3.21. The van der Waals surface area contributed by atoms with Gasteiger partial charge in [0.15, 0.2) is 0 Å². The van der Waals surface area contributed by atoms with Gasteiger partial charge in [0.25, 0.3) is 0 Å². The number of amides is 3. The molecule has 0 saturated carbocycles. The summed E-state index contributed by atoms with van der Waals surface area (Å²) in [6, 6.07) is 16.3. The number of halogens is 1. The Hall–Kier alpha value is -2.06. The van der Waals surface area contributed by atoms with Gasteiger partial charge in [0.2, 0.25) is 5.91 Å². The third kappa shape index (κ3) is 3.96. The molecule has 0 radical (unpaired) electrons. The predicted octanol–water partition coefficient (Wildman–Crippen LogP) is 2.75. The van der Waals surface area contributed by atoms with Crippen molar-refractivity contribution in [2.75, 3.05) is 11.4 Å². The standard InChI is InChI=1S/C19H19ClN4O2S/c20-13-8-6-12(7-9-13)11-27-18-21-10-15-16(22-18)23-19(26)24(17(15)25)14-4-2-1-3-5-14/h1-9,15-16,18,21-22H,10-11H2,(H,23,26). The summed E-state index contributed by atoms with van der Waals surface area (Å²) in [7, 11) is 0. The van der Waals surface area contributed by atoms with Crippen molar-refractivity contribution in [2.24, 2.45) is 5.92 Å². The molecule has 27 heavy (non-hydrogen) atoms. The lowest BCUT2D eigenvalue weighted by molar-refractivity contribution is -0.124. The second kappa shape index (κ2) is 7.90. The van der Waals surface area contributed by atoms with E-state index >= 15 is 0 Å². The monoisotopic (exact) mass is 402 g/mol. The summed E-state index contributed by atoms with van der Waals surface area (Å²) in [6.45, 7) is 0.498. The molecule has 2 heterocycles. The number of nitrogens with one attached hydrogen (secondary N) is 3. The average Bonchev–Trinajstić information content (AvgIpc) is 2.68. The summed E-state index contributed by atoms with van der Waals surface area (Å²) in [5, 5.41) is 10.3. The van der Waals surface area contributed by atoms with E-state index in [0.717, 1.165) is 11.3 Å². The van der Waals surface area contributed by atoms with Gasteiger partial charge in [-0.05, 0) is 29.8 Å². The van der Waals surface area contributed by atoms with Crippen LogP contribution in [0, 0.1) is 5.92 Å². The van der Waals surface area contributed by atoms with Crippen molar-refractivity contribution < 1.29 is 9.59 Å². The van der Waals surface area contributed by atoms with Crippen molar-refractivity contribution in [1.29, 1.82) is 0 Å². The van der Waals surface area contributed by atoms with Gasteiger partial charge in [-0.3, -0.25) is 15.4 Å².